The first-order valence-corrected chi connectivity index (χ1v) is 7.82. The first-order chi connectivity index (χ1) is 9.99. The number of amides is 1. The molecule has 0 aliphatic heterocycles. The quantitative estimate of drug-likeness (QED) is 0.771. The number of carbonyl (C=O) groups excluding carboxylic acids is 1. The van der Waals surface area contributed by atoms with Crippen LogP contribution in [0.4, 0.5) is 0 Å². The smallest absolute Gasteiger partial charge is 0.224 e. The average molecular weight is 291 g/mol. The summed E-state index contributed by atoms with van der Waals surface area (Å²) in [5, 5.41) is 2.99. The van der Waals surface area contributed by atoms with E-state index in [-0.39, 0.29) is 17.9 Å². The molecule has 3 N–H and O–H groups in total. The largest absolute Gasteiger partial charge is 0.352 e. The summed E-state index contributed by atoms with van der Waals surface area (Å²) in [6.45, 7) is 11.6. The minimum Gasteiger partial charge on any atom is -0.352 e. The molecule has 21 heavy (non-hydrogen) atoms. The Balaban J connectivity index is 2.69. The molecule has 1 aromatic carbocycles. The van der Waals surface area contributed by atoms with Crippen LogP contribution in [-0.4, -0.2) is 29.9 Å². The minimum atomic E-state index is -0.167. The Bertz CT molecular complexity index is 441. The van der Waals surface area contributed by atoms with Crippen molar-refractivity contribution in [3.63, 3.8) is 0 Å². The second-order valence-corrected chi connectivity index (χ2v) is 5.60. The molecule has 0 aromatic heterocycles. The molecule has 0 heterocycles. The molecule has 0 aliphatic rings. The minimum absolute atomic E-state index is 0.0163. The molecule has 1 aromatic rings. The molecule has 118 valence electrons. The van der Waals surface area contributed by atoms with Crippen molar-refractivity contribution in [2.45, 2.75) is 46.8 Å². The molecule has 0 bridgehead atoms. The number of hydrogen-bond donors (Lipinski definition) is 2. The van der Waals surface area contributed by atoms with Gasteiger partial charge in [0.1, 0.15) is 0 Å². The van der Waals surface area contributed by atoms with E-state index in [1.807, 2.05) is 19.9 Å². The lowest BCUT2D eigenvalue weighted by Gasteiger charge is -2.21. The lowest BCUT2D eigenvalue weighted by molar-refractivity contribution is -0.125. The van der Waals surface area contributed by atoms with E-state index < -0.39 is 0 Å². The molecule has 0 saturated carbocycles. The molecule has 0 aliphatic carbocycles. The molecule has 0 radical (unpaired) electrons. The molecule has 1 rings (SSSR count). The van der Waals surface area contributed by atoms with Gasteiger partial charge in [0.05, 0.1) is 0 Å². The topological polar surface area (TPSA) is 58.4 Å². The van der Waals surface area contributed by atoms with Crippen LogP contribution in [0.1, 0.15) is 38.8 Å². The summed E-state index contributed by atoms with van der Waals surface area (Å²) in [5.41, 5.74) is 8.22. The SMILES string of the molecule is CCN(CC)Cc1ccccc1CNC(=O)C(C)C(C)N. The fraction of sp³-hybridized carbons (Fsp3) is 0.588. The third kappa shape index (κ3) is 5.48. The first-order valence-electron chi connectivity index (χ1n) is 7.82. The Morgan fingerprint density at radius 2 is 1.76 bits per heavy atom. The predicted octanol–water partition coefficient (Wildman–Crippen LogP) is 2.13. The highest BCUT2D eigenvalue weighted by atomic mass is 16.1. The van der Waals surface area contributed by atoms with Gasteiger partial charge in [0, 0.05) is 25.0 Å². The number of rotatable bonds is 8. The van der Waals surface area contributed by atoms with Crippen LogP contribution in [0.25, 0.3) is 0 Å². The lowest BCUT2D eigenvalue weighted by Crippen LogP contribution is -2.38. The van der Waals surface area contributed by atoms with Crippen molar-refractivity contribution >= 4 is 5.91 Å². The summed E-state index contributed by atoms with van der Waals surface area (Å²) >= 11 is 0. The monoisotopic (exact) mass is 291 g/mol. The molecule has 0 fully saturated rings. The van der Waals surface area contributed by atoms with Gasteiger partial charge in [-0.15, -0.1) is 0 Å². The van der Waals surface area contributed by atoms with Gasteiger partial charge in [0.2, 0.25) is 5.91 Å². The Hall–Kier alpha value is -1.39. The molecule has 2 atom stereocenters. The van der Waals surface area contributed by atoms with Crippen LogP contribution in [-0.2, 0) is 17.9 Å². The van der Waals surface area contributed by atoms with Crippen LogP contribution in [0, 0.1) is 5.92 Å². The highest BCUT2D eigenvalue weighted by Gasteiger charge is 2.17. The zero-order valence-electron chi connectivity index (χ0n) is 13.7. The third-order valence-corrected chi connectivity index (χ3v) is 4.06. The summed E-state index contributed by atoms with van der Waals surface area (Å²) in [5.74, 6) is -0.150. The Morgan fingerprint density at radius 3 is 2.29 bits per heavy atom. The van der Waals surface area contributed by atoms with E-state index in [4.69, 9.17) is 5.73 Å². The summed E-state index contributed by atoms with van der Waals surface area (Å²) in [7, 11) is 0. The number of benzene rings is 1. The van der Waals surface area contributed by atoms with Crippen LogP contribution in [0.5, 0.6) is 0 Å². The van der Waals surface area contributed by atoms with Crippen LogP contribution in [0.3, 0.4) is 0 Å². The molecule has 0 spiro atoms. The van der Waals surface area contributed by atoms with Crippen LogP contribution < -0.4 is 11.1 Å². The van der Waals surface area contributed by atoms with E-state index in [0.29, 0.717) is 6.54 Å². The van der Waals surface area contributed by atoms with Gasteiger partial charge >= 0.3 is 0 Å². The van der Waals surface area contributed by atoms with Crippen molar-refractivity contribution < 1.29 is 4.79 Å². The average Bonchev–Trinajstić information content (AvgIpc) is 2.50. The fourth-order valence-electron chi connectivity index (χ4n) is 2.15. The highest BCUT2D eigenvalue weighted by Crippen LogP contribution is 2.12. The maximum atomic E-state index is 12.0. The van der Waals surface area contributed by atoms with Crippen molar-refractivity contribution in [2.24, 2.45) is 11.7 Å². The number of carbonyl (C=O) groups is 1. The maximum absolute atomic E-state index is 12.0. The van der Waals surface area contributed by atoms with E-state index in [0.717, 1.165) is 19.6 Å². The first kappa shape index (κ1) is 17.7. The van der Waals surface area contributed by atoms with Crippen LogP contribution in [0.2, 0.25) is 0 Å². The van der Waals surface area contributed by atoms with E-state index in [1.165, 1.54) is 11.1 Å². The van der Waals surface area contributed by atoms with Crippen molar-refractivity contribution in [3.8, 4) is 0 Å². The molecule has 0 saturated heterocycles. The van der Waals surface area contributed by atoms with Crippen LogP contribution >= 0.6 is 0 Å². The van der Waals surface area contributed by atoms with Gasteiger partial charge in [-0.1, -0.05) is 45.0 Å². The third-order valence-electron chi connectivity index (χ3n) is 4.06. The van der Waals surface area contributed by atoms with E-state index in [1.54, 1.807) is 0 Å². The summed E-state index contributed by atoms with van der Waals surface area (Å²) in [6, 6.07) is 8.15. The zero-order valence-corrected chi connectivity index (χ0v) is 13.7. The number of nitrogens with one attached hydrogen (secondary N) is 1. The second kappa shape index (κ2) is 8.80. The van der Waals surface area contributed by atoms with Gasteiger partial charge in [-0.2, -0.15) is 0 Å². The number of nitrogens with zero attached hydrogens (tertiary/aromatic N) is 1. The summed E-state index contributed by atoms with van der Waals surface area (Å²) in [6.07, 6.45) is 0. The number of hydrogen-bond acceptors (Lipinski definition) is 3. The number of nitrogens with two attached hydrogens (primary N) is 1. The van der Waals surface area contributed by atoms with E-state index >= 15 is 0 Å². The van der Waals surface area contributed by atoms with Crippen molar-refractivity contribution in [1.29, 1.82) is 0 Å². The van der Waals surface area contributed by atoms with Gasteiger partial charge < -0.3 is 11.1 Å². The van der Waals surface area contributed by atoms with E-state index in [2.05, 4.69) is 42.3 Å². The van der Waals surface area contributed by atoms with Crippen LogP contribution in [0.15, 0.2) is 24.3 Å². The molecular weight excluding hydrogens is 262 g/mol. The van der Waals surface area contributed by atoms with Crippen molar-refractivity contribution in [3.05, 3.63) is 35.4 Å². The van der Waals surface area contributed by atoms with Crippen molar-refractivity contribution in [2.75, 3.05) is 13.1 Å². The zero-order chi connectivity index (χ0) is 15.8. The van der Waals surface area contributed by atoms with Gasteiger partial charge in [-0.05, 0) is 31.1 Å². The molecule has 4 nitrogen and oxygen atoms in total. The predicted molar refractivity (Wildman–Crippen MR) is 87.7 cm³/mol. The maximum Gasteiger partial charge on any atom is 0.224 e. The normalized spacial score (nSPS) is 14.0. The van der Waals surface area contributed by atoms with Gasteiger partial charge in [0.25, 0.3) is 0 Å². The van der Waals surface area contributed by atoms with E-state index in [9.17, 15) is 4.79 Å². The van der Waals surface area contributed by atoms with Gasteiger partial charge in [-0.3, -0.25) is 9.69 Å². The summed E-state index contributed by atoms with van der Waals surface area (Å²) in [4.78, 5) is 14.4. The molecule has 2 unspecified atom stereocenters. The fourth-order valence-corrected chi connectivity index (χ4v) is 2.15. The van der Waals surface area contributed by atoms with Crippen molar-refractivity contribution in [1.82, 2.24) is 10.2 Å². The molecular formula is C17H29N3O. The highest BCUT2D eigenvalue weighted by molar-refractivity contribution is 5.78. The Morgan fingerprint density at radius 1 is 1.19 bits per heavy atom. The van der Waals surface area contributed by atoms with Gasteiger partial charge in [0.15, 0.2) is 0 Å². The lowest BCUT2D eigenvalue weighted by atomic mass is 10.0. The Kier molecular flexibility index (Phi) is 7.40. The molecule has 4 heteroatoms. The standard InChI is InChI=1S/C17H29N3O/c1-5-20(6-2)12-16-10-8-7-9-15(16)11-19-17(21)13(3)14(4)18/h7-10,13-14H,5-6,11-12,18H2,1-4H3,(H,19,21). The molecule has 1 amide bonds. The summed E-state index contributed by atoms with van der Waals surface area (Å²) < 4.78 is 0. The van der Waals surface area contributed by atoms with Gasteiger partial charge in [-0.25, -0.2) is 0 Å². The Labute approximate surface area is 128 Å². The second-order valence-electron chi connectivity index (χ2n) is 5.60.